The summed E-state index contributed by atoms with van der Waals surface area (Å²) in [6, 6.07) is 4.70. The van der Waals surface area contributed by atoms with Crippen LogP contribution in [0.2, 0.25) is 0 Å². The Labute approximate surface area is 143 Å². The second-order valence-electron chi connectivity index (χ2n) is 6.44. The SMILES string of the molecule is Cc1noc(C)c1C(=O)N(C1CC1)C(C)c1cccc(C(F)(F)F)c1. The van der Waals surface area contributed by atoms with Crippen molar-refractivity contribution in [1.82, 2.24) is 10.1 Å². The Morgan fingerprint density at radius 1 is 1.32 bits per heavy atom. The molecular weight excluding hydrogens is 333 g/mol. The summed E-state index contributed by atoms with van der Waals surface area (Å²) >= 11 is 0. The summed E-state index contributed by atoms with van der Waals surface area (Å²) in [5.41, 5.74) is 0.634. The molecule has 134 valence electrons. The number of amides is 1. The standard InChI is InChI=1S/C18H19F3N2O2/c1-10-16(12(3)25-22-10)17(24)23(15-7-8-15)11(2)13-5-4-6-14(9-13)18(19,20)21/h4-6,9,11,15H,7-8H2,1-3H3. The van der Waals surface area contributed by atoms with Gasteiger partial charge in [0.1, 0.15) is 11.3 Å². The molecule has 2 aromatic rings. The highest BCUT2D eigenvalue weighted by Crippen LogP contribution is 2.38. The number of halogens is 3. The molecule has 1 aromatic heterocycles. The monoisotopic (exact) mass is 352 g/mol. The number of carbonyl (C=O) groups is 1. The van der Waals surface area contributed by atoms with Gasteiger partial charge in [-0.25, -0.2) is 0 Å². The lowest BCUT2D eigenvalue weighted by Crippen LogP contribution is -2.36. The third-order valence-corrected chi connectivity index (χ3v) is 4.54. The van der Waals surface area contributed by atoms with Gasteiger partial charge in [0.15, 0.2) is 0 Å². The quantitative estimate of drug-likeness (QED) is 0.803. The summed E-state index contributed by atoms with van der Waals surface area (Å²) in [5, 5.41) is 3.81. The number of hydrogen-bond donors (Lipinski definition) is 0. The van der Waals surface area contributed by atoms with E-state index in [1.807, 2.05) is 0 Å². The van der Waals surface area contributed by atoms with Crippen molar-refractivity contribution < 1.29 is 22.5 Å². The van der Waals surface area contributed by atoms with Crippen LogP contribution in [0.25, 0.3) is 0 Å². The molecule has 1 aromatic carbocycles. The van der Waals surface area contributed by atoms with Gasteiger partial charge in [-0.2, -0.15) is 13.2 Å². The van der Waals surface area contributed by atoms with Crippen LogP contribution in [0.3, 0.4) is 0 Å². The predicted molar refractivity (Wildman–Crippen MR) is 85.0 cm³/mol. The predicted octanol–water partition coefficient (Wildman–Crippen LogP) is 4.68. The van der Waals surface area contributed by atoms with Crippen LogP contribution in [0.5, 0.6) is 0 Å². The van der Waals surface area contributed by atoms with Gasteiger partial charge < -0.3 is 9.42 Å². The van der Waals surface area contributed by atoms with Crippen LogP contribution in [0, 0.1) is 13.8 Å². The van der Waals surface area contributed by atoms with E-state index in [1.54, 1.807) is 31.7 Å². The molecule has 3 rings (SSSR count). The van der Waals surface area contributed by atoms with Gasteiger partial charge in [0.25, 0.3) is 5.91 Å². The molecule has 4 nitrogen and oxygen atoms in total. The lowest BCUT2D eigenvalue weighted by molar-refractivity contribution is -0.137. The molecule has 1 aliphatic carbocycles. The van der Waals surface area contributed by atoms with Gasteiger partial charge in [0, 0.05) is 6.04 Å². The molecule has 25 heavy (non-hydrogen) atoms. The van der Waals surface area contributed by atoms with Crippen molar-refractivity contribution in [1.29, 1.82) is 0 Å². The highest BCUT2D eigenvalue weighted by molar-refractivity contribution is 5.96. The van der Waals surface area contributed by atoms with Gasteiger partial charge in [0.2, 0.25) is 0 Å². The third-order valence-electron chi connectivity index (χ3n) is 4.54. The zero-order valence-corrected chi connectivity index (χ0v) is 14.2. The first-order valence-electron chi connectivity index (χ1n) is 8.13. The normalized spacial score (nSPS) is 15.9. The van der Waals surface area contributed by atoms with Crippen LogP contribution < -0.4 is 0 Å². The van der Waals surface area contributed by atoms with Gasteiger partial charge in [-0.05, 0) is 51.3 Å². The van der Waals surface area contributed by atoms with E-state index in [9.17, 15) is 18.0 Å². The molecule has 1 heterocycles. The number of nitrogens with zero attached hydrogens (tertiary/aromatic N) is 2. The second-order valence-corrected chi connectivity index (χ2v) is 6.44. The maximum Gasteiger partial charge on any atom is 0.416 e. The fourth-order valence-corrected chi connectivity index (χ4v) is 3.06. The molecule has 7 heteroatoms. The number of hydrogen-bond acceptors (Lipinski definition) is 3. The Bertz CT molecular complexity index is 774. The average Bonchev–Trinajstić information content (AvgIpc) is 3.31. The van der Waals surface area contributed by atoms with Crippen LogP contribution in [0.1, 0.15) is 58.7 Å². The Morgan fingerprint density at radius 3 is 2.52 bits per heavy atom. The van der Waals surface area contributed by atoms with Crippen molar-refractivity contribution in [2.75, 3.05) is 0 Å². The number of alkyl halides is 3. The highest BCUT2D eigenvalue weighted by atomic mass is 19.4. The van der Waals surface area contributed by atoms with Crippen LogP contribution in [0.4, 0.5) is 13.2 Å². The topological polar surface area (TPSA) is 46.3 Å². The van der Waals surface area contributed by atoms with Crippen LogP contribution in [-0.4, -0.2) is 22.0 Å². The average molecular weight is 352 g/mol. The zero-order chi connectivity index (χ0) is 18.4. The van der Waals surface area contributed by atoms with E-state index < -0.39 is 17.8 Å². The summed E-state index contributed by atoms with van der Waals surface area (Å²) in [6.45, 7) is 5.10. The molecule has 1 fully saturated rings. The first-order chi connectivity index (χ1) is 11.7. The summed E-state index contributed by atoms with van der Waals surface area (Å²) < 4.78 is 44.0. The fraction of sp³-hybridized carbons (Fsp3) is 0.444. The first-order valence-corrected chi connectivity index (χ1v) is 8.13. The minimum atomic E-state index is -4.41. The number of rotatable bonds is 4. The Hall–Kier alpha value is -2.31. The minimum Gasteiger partial charge on any atom is -0.361 e. The molecule has 1 amide bonds. The van der Waals surface area contributed by atoms with E-state index in [4.69, 9.17) is 4.52 Å². The molecule has 0 N–H and O–H groups in total. The first kappa shape index (κ1) is 17.5. The maximum atomic E-state index is 13.0. The molecule has 1 atom stereocenters. The zero-order valence-electron chi connectivity index (χ0n) is 14.2. The molecule has 0 saturated heterocycles. The van der Waals surface area contributed by atoms with Crippen molar-refractivity contribution in [3.05, 3.63) is 52.4 Å². The van der Waals surface area contributed by atoms with Gasteiger partial charge in [0.05, 0.1) is 17.3 Å². The van der Waals surface area contributed by atoms with Crippen molar-refractivity contribution in [3.8, 4) is 0 Å². The molecule has 0 bridgehead atoms. The second kappa shape index (κ2) is 6.20. The van der Waals surface area contributed by atoms with E-state index in [0.717, 1.165) is 25.0 Å². The fourth-order valence-electron chi connectivity index (χ4n) is 3.06. The van der Waals surface area contributed by atoms with Gasteiger partial charge in [-0.3, -0.25) is 4.79 Å². The number of aromatic nitrogens is 1. The summed E-state index contributed by atoms with van der Waals surface area (Å²) in [4.78, 5) is 14.7. The summed E-state index contributed by atoms with van der Waals surface area (Å²) in [5.74, 6) is 0.174. The summed E-state index contributed by atoms with van der Waals surface area (Å²) in [7, 11) is 0. The van der Waals surface area contributed by atoms with Crippen LogP contribution in [-0.2, 0) is 6.18 Å². The van der Waals surface area contributed by atoms with Gasteiger partial charge >= 0.3 is 6.18 Å². The number of benzene rings is 1. The molecule has 1 saturated carbocycles. The largest absolute Gasteiger partial charge is 0.416 e. The number of aryl methyl sites for hydroxylation is 2. The third kappa shape index (κ3) is 3.41. The molecular formula is C18H19F3N2O2. The van der Waals surface area contributed by atoms with E-state index in [-0.39, 0.29) is 11.9 Å². The van der Waals surface area contributed by atoms with E-state index in [0.29, 0.717) is 22.6 Å². The Morgan fingerprint density at radius 2 is 2.00 bits per heavy atom. The molecule has 1 unspecified atom stereocenters. The lowest BCUT2D eigenvalue weighted by atomic mass is 10.0. The van der Waals surface area contributed by atoms with Crippen molar-refractivity contribution in [3.63, 3.8) is 0 Å². The number of carbonyl (C=O) groups excluding carboxylic acids is 1. The van der Waals surface area contributed by atoms with Crippen LogP contribution in [0.15, 0.2) is 28.8 Å². The van der Waals surface area contributed by atoms with Crippen LogP contribution >= 0.6 is 0 Å². The minimum absolute atomic E-state index is 0.0331. The Kier molecular flexibility index (Phi) is 4.34. The lowest BCUT2D eigenvalue weighted by Gasteiger charge is -2.30. The molecule has 1 aliphatic rings. The smallest absolute Gasteiger partial charge is 0.361 e. The molecule has 0 spiro atoms. The van der Waals surface area contributed by atoms with E-state index in [1.165, 1.54) is 6.07 Å². The van der Waals surface area contributed by atoms with Crippen molar-refractivity contribution >= 4 is 5.91 Å². The molecule has 0 radical (unpaired) electrons. The highest BCUT2D eigenvalue weighted by Gasteiger charge is 2.39. The molecule has 0 aliphatic heterocycles. The van der Waals surface area contributed by atoms with E-state index in [2.05, 4.69) is 5.16 Å². The van der Waals surface area contributed by atoms with Crippen molar-refractivity contribution in [2.24, 2.45) is 0 Å². The van der Waals surface area contributed by atoms with Crippen molar-refractivity contribution in [2.45, 2.75) is 51.9 Å². The maximum absolute atomic E-state index is 13.0. The van der Waals surface area contributed by atoms with E-state index >= 15 is 0 Å². The Balaban J connectivity index is 1.95. The summed E-state index contributed by atoms with van der Waals surface area (Å²) in [6.07, 6.45) is -2.72. The van der Waals surface area contributed by atoms with Gasteiger partial charge in [-0.1, -0.05) is 17.3 Å². The van der Waals surface area contributed by atoms with Gasteiger partial charge in [-0.15, -0.1) is 0 Å².